The Morgan fingerprint density at radius 1 is 0.807 bits per heavy atom. The lowest BCUT2D eigenvalue weighted by atomic mass is 10.0. The number of aromatic amines is 2. The molecule has 5 N–H and O–H groups in total. The monoisotopic (exact) mass is 812 g/mol. The highest BCUT2D eigenvalue weighted by atomic mass is 32.1. The van der Waals surface area contributed by atoms with Crippen LogP contribution in [0.15, 0.2) is 53.5 Å². The van der Waals surface area contributed by atoms with Crippen molar-refractivity contribution in [1.29, 1.82) is 0 Å². The maximum Gasteiger partial charge on any atom is 0.251 e. The number of likely N-dealkylation sites (tertiary alicyclic amines) is 2. The summed E-state index contributed by atoms with van der Waals surface area (Å²) in [5.74, 6) is -0.274. The van der Waals surface area contributed by atoms with E-state index in [1.807, 2.05) is 39.8 Å². The first-order valence-corrected chi connectivity index (χ1v) is 21.0. The van der Waals surface area contributed by atoms with Gasteiger partial charge in [0, 0.05) is 40.4 Å². The summed E-state index contributed by atoms with van der Waals surface area (Å²) in [6.07, 6.45) is 4.80. The van der Waals surface area contributed by atoms with E-state index in [2.05, 4.69) is 49.9 Å². The van der Waals surface area contributed by atoms with E-state index in [9.17, 15) is 29.1 Å². The van der Waals surface area contributed by atoms with Crippen LogP contribution in [-0.4, -0.2) is 90.3 Å². The fourth-order valence-electron chi connectivity index (χ4n) is 7.78. The fourth-order valence-corrected chi connectivity index (χ4v) is 10.1. The molecule has 6 heterocycles. The first-order valence-electron chi connectivity index (χ1n) is 19.4. The molecular formula is C41H48N8O6S2. The van der Waals surface area contributed by atoms with Crippen LogP contribution in [0.2, 0.25) is 0 Å². The maximum atomic E-state index is 13.6. The van der Waals surface area contributed by atoms with Crippen molar-refractivity contribution < 1.29 is 24.3 Å². The van der Waals surface area contributed by atoms with E-state index >= 15 is 0 Å². The number of hydrogen-bond acceptors (Lipinski definition) is 10. The third-order valence-electron chi connectivity index (χ3n) is 10.7. The molecule has 14 nitrogen and oxygen atoms in total. The van der Waals surface area contributed by atoms with E-state index in [1.165, 1.54) is 13.0 Å². The predicted molar refractivity (Wildman–Crippen MR) is 220 cm³/mol. The summed E-state index contributed by atoms with van der Waals surface area (Å²) in [5, 5.41) is 14.7. The minimum Gasteiger partial charge on any atom is -0.387 e. The molecule has 5 aromatic rings. The van der Waals surface area contributed by atoms with Gasteiger partial charge in [-0.05, 0) is 60.8 Å². The summed E-state index contributed by atoms with van der Waals surface area (Å²) in [4.78, 5) is 85.1. The zero-order valence-electron chi connectivity index (χ0n) is 32.6. The molecule has 2 fully saturated rings. The van der Waals surface area contributed by atoms with Gasteiger partial charge in [-0.15, -0.1) is 22.7 Å². The van der Waals surface area contributed by atoms with E-state index in [0.29, 0.717) is 36.9 Å². The number of benzene rings is 1. The Bertz CT molecular complexity index is 2310. The zero-order valence-corrected chi connectivity index (χ0v) is 34.3. The van der Waals surface area contributed by atoms with Gasteiger partial charge in [0.1, 0.15) is 30.3 Å². The summed E-state index contributed by atoms with van der Waals surface area (Å²) in [6, 6.07) is 11.9. The number of nitrogens with zero attached hydrogens (tertiary/aromatic N) is 4. The van der Waals surface area contributed by atoms with Crippen LogP contribution in [0.3, 0.4) is 0 Å². The van der Waals surface area contributed by atoms with E-state index in [4.69, 9.17) is 4.98 Å². The maximum absolute atomic E-state index is 13.6. The van der Waals surface area contributed by atoms with Gasteiger partial charge in [-0.1, -0.05) is 52.0 Å². The highest BCUT2D eigenvalue weighted by Gasteiger charge is 2.38. The lowest BCUT2D eigenvalue weighted by Crippen LogP contribution is -2.51. The summed E-state index contributed by atoms with van der Waals surface area (Å²) in [5.41, 5.74) is 3.14. The molecule has 0 unspecified atom stereocenters. The predicted octanol–water partition coefficient (Wildman–Crippen LogP) is 5.39. The van der Waals surface area contributed by atoms with Gasteiger partial charge in [0.2, 0.25) is 23.6 Å². The highest BCUT2D eigenvalue weighted by molar-refractivity contribution is 7.31. The number of carbonyl (C=O) groups excluding carboxylic acids is 4. The first kappa shape index (κ1) is 40.0. The van der Waals surface area contributed by atoms with Crippen LogP contribution >= 0.6 is 22.7 Å². The smallest absolute Gasteiger partial charge is 0.251 e. The molecule has 0 bridgehead atoms. The van der Waals surface area contributed by atoms with Crippen LogP contribution in [-0.2, 0) is 19.2 Å². The van der Waals surface area contributed by atoms with Gasteiger partial charge in [0.25, 0.3) is 5.56 Å². The van der Waals surface area contributed by atoms with Crippen molar-refractivity contribution in [1.82, 2.24) is 40.4 Å². The van der Waals surface area contributed by atoms with Gasteiger partial charge < -0.3 is 35.5 Å². The van der Waals surface area contributed by atoms with Crippen LogP contribution in [0.1, 0.15) is 84.0 Å². The number of aromatic nitrogens is 4. The van der Waals surface area contributed by atoms with Gasteiger partial charge in [-0.3, -0.25) is 24.0 Å². The van der Waals surface area contributed by atoms with Gasteiger partial charge in [0.15, 0.2) is 0 Å². The van der Waals surface area contributed by atoms with Crippen molar-refractivity contribution >= 4 is 55.7 Å². The number of rotatable bonds is 12. The molecule has 300 valence electrons. The van der Waals surface area contributed by atoms with Crippen LogP contribution in [0, 0.1) is 11.8 Å². The Hall–Kier alpha value is -5.19. The van der Waals surface area contributed by atoms with E-state index < -0.39 is 24.6 Å². The Kier molecular flexibility index (Phi) is 11.7. The molecule has 7 rings (SSSR count). The highest BCUT2D eigenvalue weighted by Crippen LogP contribution is 2.42. The molecule has 2 aliphatic rings. The SMILES string of the molecule is CC(=O)N[C@H](C(=O)N1CCC[C@H]1c1nc(-c2cc3sc(-c4ccc(-c5cnc([C@@H]6CCCN6C(=O)[C@@H](NC(=O)CO)C(C)C)[nH]5)cc4)cc3s2)cc(=O)[nH]1)C(C)C. The Morgan fingerprint density at radius 2 is 1.37 bits per heavy atom. The van der Waals surface area contributed by atoms with E-state index in [0.717, 1.165) is 55.2 Å². The van der Waals surface area contributed by atoms with Crippen molar-refractivity contribution in [2.75, 3.05) is 19.7 Å². The number of fused-ring (bicyclic) bond motifs is 1. The van der Waals surface area contributed by atoms with Gasteiger partial charge >= 0.3 is 0 Å². The quantitative estimate of drug-likeness (QED) is 0.111. The third-order valence-corrected chi connectivity index (χ3v) is 13.0. The number of amides is 4. The van der Waals surface area contributed by atoms with Crippen molar-refractivity contribution in [3.63, 3.8) is 0 Å². The Labute approximate surface area is 338 Å². The number of thiophene rings is 2. The minimum atomic E-state index is -0.730. The molecule has 4 amide bonds. The summed E-state index contributed by atoms with van der Waals surface area (Å²) in [7, 11) is 0. The van der Waals surface area contributed by atoms with E-state index in [-0.39, 0.29) is 47.2 Å². The lowest BCUT2D eigenvalue weighted by Gasteiger charge is -2.30. The number of carbonyl (C=O) groups is 4. The van der Waals surface area contributed by atoms with Gasteiger partial charge in [-0.2, -0.15) is 0 Å². The van der Waals surface area contributed by atoms with Crippen molar-refractivity contribution in [3.8, 4) is 32.3 Å². The topological polar surface area (TPSA) is 193 Å². The first-order chi connectivity index (χ1) is 27.3. The van der Waals surface area contributed by atoms with Crippen LogP contribution in [0.25, 0.3) is 41.7 Å². The second-order valence-corrected chi connectivity index (χ2v) is 17.6. The molecule has 0 spiro atoms. The largest absolute Gasteiger partial charge is 0.387 e. The number of H-pyrrole nitrogens is 2. The van der Waals surface area contributed by atoms with Crippen LogP contribution in [0.4, 0.5) is 0 Å². The molecule has 4 atom stereocenters. The molecule has 4 aromatic heterocycles. The number of hydrogen-bond donors (Lipinski definition) is 5. The molecule has 16 heteroatoms. The standard InChI is InChI=1S/C41H48N8O6S2/c1-21(2)36(43-23(5)51)40(54)49-15-7-9-29(49)39-44-26(16-34(52)47-39)31-18-33-32(57-31)17-30(56-33)25-12-10-24(11-13-25)27-19-42-38(45-27)28-8-6-14-48(28)41(55)37(22(3)4)46-35(53)20-50/h10-13,16-19,21-22,28-29,36-37,50H,6-9,14-15,20H2,1-5H3,(H,42,45)(H,43,51)(H,46,53)(H,44,47,52)/t28-,29-,36-,37-/m0/s1. The summed E-state index contributed by atoms with van der Waals surface area (Å²) >= 11 is 3.23. The zero-order chi connectivity index (χ0) is 40.5. The second-order valence-electron chi connectivity index (χ2n) is 15.5. The second kappa shape index (κ2) is 16.7. The van der Waals surface area contributed by atoms with Crippen LogP contribution in [0.5, 0.6) is 0 Å². The molecule has 0 radical (unpaired) electrons. The summed E-state index contributed by atoms with van der Waals surface area (Å²) in [6.45, 7) is 9.37. The van der Waals surface area contributed by atoms with Crippen LogP contribution < -0.4 is 16.2 Å². The van der Waals surface area contributed by atoms with Gasteiger partial charge in [0.05, 0.1) is 34.5 Å². The fraction of sp³-hybridized carbons (Fsp3) is 0.439. The lowest BCUT2D eigenvalue weighted by molar-refractivity contribution is -0.139. The average Bonchev–Trinajstić information content (AvgIpc) is 4.03. The molecule has 57 heavy (non-hydrogen) atoms. The minimum absolute atomic E-state index is 0.0958. The third kappa shape index (κ3) is 8.43. The molecular weight excluding hydrogens is 765 g/mol. The average molecular weight is 813 g/mol. The Balaban J connectivity index is 1.05. The van der Waals surface area contributed by atoms with Crippen molar-refractivity contribution in [2.24, 2.45) is 11.8 Å². The van der Waals surface area contributed by atoms with Crippen molar-refractivity contribution in [3.05, 3.63) is 70.7 Å². The Morgan fingerprint density at radius 3 is 1.96 bits per heavy atom. The molecule has 0 saturated carbocycles. The number of aliphatic hydroxyl groups is 1. The molecule has 0 aliphatic carbocycles. The van der Waals surface area contributed by atoms with E-state index in [1.54, 1.807) is 38.7 Å². The number of imidazole rings is 1. The molecule has 1 aromatic carbocycles. The molecule has 2 saturated heterocycles. The normalized spacial score (nSPS) is 18.1. The number of nitrogens with one attached hydrogen (secondary N) is 4. The van der Waals surface area contributed by atoms with Crippen molar-refractivity contribution in [2.45, 2.75) is 84.5 Å². The molecule has 2 aliphatic heterocycles. The number of aliphatic hydroxyl groups excluding tert-OH is 1. The van der Waals surface area contributed by atoms with Gasteiger partial charge in [-0.25, -0.2) is 9.97 Å². The summed E-state index contributed by atoms with van der Waals surface area (Å²) < 4.78 is 2.16.